The highest BCUT2D eigenvalue weighted by atomic mass is 79.9. The van der Waals surface area contributed by atoms with Gasteiger partial charge in [0.1, 0.15) is 10.4 Å². The summed E-state index contributed by atoms with van der Waals surface area (Å²) in [6.45, 7) is 0.108. The smallest absolute Gasteiger partial charge is 0.139 e. The van der Waals surface area contributed by atoms with Crippen molar-refractivity contribution >= 4 is 15.9 Å². The first-order valence-corrected chi connectivity index (χ1v) is 5.36. The molecule has 0 aliphatic carbocycles. The van der Waals surface area contributed by atoms with Crippen molar-refractivity contribution in [3.05, 3.63) is 34.8 Å². The summed E-state index contributed by atoms with van der Waals surface area (Å²) in [6.07, 6.45) is 4.01. The predicted molar refractivity (Wildman–Crippen MR) is 60.3 cm³/mol. The number of aliphatic hydroxyl groups excluding tert-OH is 1. The fraction of sp³-hybridized carbons (Fsp3) is 0.200. The number of rotatable bonds is 3. The first-order chi connectivity index (χ1) is 7.31. The van der Waals surface area contributed by atoms with Crippen LogP contribution in [0, 0.1) is 0 Å². The van der Waals surface area contributed by atoms with E-state index in [-0.39, 0.29) is 6.61 Å². The molecule has 0 fully saturated rings. The van der Waals surface area contributed by atoms with Crippen LogP contribution in [0.3, 0.4) is 0 Å². The molecule has 2 N–H and O–H groups in total. The monoisotopic (exact) mass is 267 g/mol. The Morgan fingerprint density at radius 2 is 2.07 bits per heavy atom. The van der Waals surface area contributed by atoms with Gasteiger partial charge in [0, 0.05) is 31.0 Å². The van der Waals surface area contributed by atoms with Crippen LogP contribution in [-0.4, -0.2) is 26.7 Å². The van der Waals surface area contributed by atoms with E-state index in [0.717, 1.165) is 21.7 Å². The van der Waals surface area contributed by atoms with Crippen molar-refractivity contribution in [1.29, 1.82) is 0 Å². The fourth-order valence-electron chi connectivity index (χ4n) is 1.31. The molecule has 2 heterocycles. The van der Waals surface area contributed by atoms with Gasteiger partial charge in [0.2, 0.25) is 0 Å². The van der Waals surface area contributed by atoms with E-state index in [1.165, 1.54) is 0 Å². The lowest BCUT2D eigenvalue weighted by molar-refractivity contribution is 0.298. The lowest BCUT2D eigenvalue weighted by atomic mass is 10.2. The Balaban J connectivity index is 2.34. The van der Waals surface area contributed by atoms with Crippen LogP contribution in [0.4, 0.5) is 0 Å². The molecule has 0 aromatic carbocycles. The van der Waals surface area contributed by atoms with Crippen LogP contribution in [0.1, 0.15) is 5.69 Å². The zero-order chi connectivity index (χ0) is 10.7. The minimum Gasteiger partial charge on any atom is -0.396 e. The number of nitrogens with zero attached hydrogens (tertiary/aromatic N) is 2. The zero-order valence-electron chi connectivity index (χ0n) is 7.94. The summed E-state index contributed by atoms with van der Waals surface area (Å²) in [4.78, 5) is 11.4. The van der Waals surface area contributed by atoms with E-state index in [0.29, 0.717) is 6.42 Å². The number of aliphatic hydroxyl groups is 1. The Morgan fingerprint density at radius 3 is 2.73 bits per heavy atom. The van der Waals surface area contributed by atoms with Crippen molar-refractivity contribution in [3.8, 4) is 11.4 Å². The Bertz CT molecular complexity index is 441. The van der Waals surface area contributed by atoms with E-state index in [2.05, 4.69) is 30.9 Å². The summed E-state index contributed by atoms with van der Waals surface area (Å²) >= 11 is 3.35. The van der Waals surface area contributed by atoms with Crippen LogP contribution in [0.25, 0.3) is 11.4 Å². The van der Waals surface area contributed by atoms with Gasteiger partial charge in [-0.1, -0.05) is 0 Å². The average molecular weight is 268 g/mol. The van der Waals surface area contributed by atoms with E-state index >= 15 is 0 Å². The third kappa shape index (κ3) is 2.24. The highest BCUT2D eigenvalue weighted by Gasteiger charge is 2.08. The number of pyridine rings is 1. The summed E-state index contributed by atoms with van der Waals surface area (Å²) < 4.78 is 0.753. The second-order valence-corrected chi connectivity index (χ2v) is 3.82. The van der Waals surface area contributed by atoms with Crippen molar-refractivity contribution in [2.45, 2.75) is 6.42 Å². The first kappa shape index (κ1) is 10.3. The van der Waals surface area contributed by atoms with Crippen molar-refractivity contribution < 1.29 is 5.11 Å². The summed E-state index contributed by atoms with van der Waals surface area (Å²) in [5.74, 6) is 0.785. The number of aromatic amines is 1. The molecule has 0 atom stereocenters. The van der Waals surface area contributed by atoms with Crippen molar-refractivity contribution in [2.75, 3.05) is 6.61 Å². The molecule has 0 saturated heterocycles. The van der Waals surface area contributed by atoms with Gasteiger partial charge in [0.15, 0.2) is 0 Å². The SMILES string of the molecule is OCCc1[nH]c(-c2ccncc2)nc1Br. The third-order valence-corrected chi connectivity index (χ3v) is 2.70. The van der Waals surface area contributed by atoms with Crippen LogP contribution in [0.5, 0.6) is 0 Å². The number of hydrogen-bond donors (Lipinski definition) is 2. The van der Waals surface area contributed by atoms with E-state index in [1.54, 1.807) is 12.4 Å². The number of H-pyrrole nitrogens is 1. The van der Waals surface area contributed by atoms with Gasteiger partial charge in [-0.05, 0) is 28.1 Å². The second kappa shape index (κ2) is 4.55. The molecule has 0 saturated carbocycles. The predicted octanol–water partition coefficient (Wildman–Crippen LogP) is 1.77. The van der Waals surface area contributed by atoms with Crippen LogP contribution >= 0.6 is 15.9 Å². The number of aromatic nitrogens is 3. The van der Waals surface area contributed by atoms with Gasteiger partial charge in [-0.2, -0.15) is 0 Å². The molecule has 0 bridgehead atoms. The number of nitrogens with one attached hydrogen (secondary N) is 1. The largest absolute Gasteiger partial charge is 0.396 e. The van der Waals surface area contributed by atoms with Gasteiger partial charge in [0.05, 0.1) is 5.69 Å². The minimum absolute atomic E-state index is 0.108. The topological polar surface area (TPSA) is 61.8 Å². The fourth-order valence-corrected chi connectivity index (χ4v) is 1.79. The summed E-state index contributed by atoms with van der Waals surface area (Å²) in [5.41, 5.74) is 1.89. The maximum atomic E-state index is 8.85. The molecule has 0 spiro atoms. The van der Waals surface area contributed by atoms with Gasteiger partial charge in [-0.3, -0.25) is 4.98 Å². The number of halogens is 1. The molecule has 5 heteroatoms. The normalized spacial score (nSPS) is 10.5. The number of imidazole rings is 1. The van der Waals surface area contributed by atoms with Crippen LogP contribution in [-0.2, 0) is 6.42 Å². The summed E-state index contributed by atoms with van der Waals surface area (Å²) in [6, 6.07) is 3.77. The van der Waals surface area contributed by atoms with E-state index in [1.807, 2.05) is 12.1 Å². The minimum atomic E-state index is 0.108. The van der Waals surface area contributed by atoms with Gasteiger partial charge in [-0.15, -0.1) is 0 Å². The van der Waals surface area contributed by atoms with Gasteiger partial charge in [0.25, 0.3) is 0 Å². The third-order valence-electron chi connectivity index (χ3n) is 2.04. The molecule has 0 aliphatic rings. The molecule has 0 unspecified atom stereocenters. The average Bonchev–Trinajstić information content (AvgIpc) is 2.63. The highest BCUT2D eigenvalue weighted by molar-refractivity contribution is 9.10. The van der Waals surface area contributed by atoms with Crippen molar-refractivity contribution in [1.82, 2.24) is 15.0 Å². The van der Waals surface area contributed by atoms with E-state index in [9.17, 15) is 0 Å². The van der Waals surface area contributed by atoms with E-state index in [4.69, 9.17) is 5.11 Å². The van der Waals surface area contributed by atoms with Crippen LogP contribution in [0.15, 0.2) is 29.1 Å². The standard InChI is InChI=1S/C10H10BrN3O/c11-9-8(3-6-15)13-10(14-9)7-1-4-12-5-2-7/h1-2,4-5,15H,3,6H2,(H,13,14). The Kier molecular flexibility index (Phi) is 3.13. The van der Waals surface area contributed by atoms with Crippen LogP contribution < -0.4 is 0 Å². The molecule has 0 radical (unpaired) electrons. The summed E-state index contributed by atoms with van der Waals surface area (Å²) in [7, 11) is 0. The van der Waals surface area contributed by atoms with E-state index < -0.39 is 0 Å². The van der Waals surface area contributed by atoms with Gasteiger partial charge >= 0.3 is 0 Å². The Hall–Kier alpha value is -1.20. The molecule has 15 heavy (non-hydrogen) atoms. The Morgan fingerprint density at radius 1 is 1.33 bits per heavy atom. The van der Waals surface area contributed by atoms with Crippen molar-refractivity contribution in [3.63, 3.8) is 0 Å². The molecule has 2 aromatic rings. The molecule has 78 valence electrons. The molecular weight excluding hydrogens is 258 g/mol. The second-order valence-electron chi connectivity index (χ2n) is 3.06. The maximum absolute atomic E-state index is 8.85. The maximum Gasteiger partial charge on any atom is 0.139 e. The lowest BCUT2D eigenvalue weighted by Gasteiger charge is -1.94. The lowest BCUT2D eigenvalue weighted by Crippen LogP contribution is -1.91. The van der Waals surface area contributed by atoms with Gasteiger partial charge < -0.3 is 10.1 Å². The Labute approximate surface area is 95.5 Å². The molecule has 4 nitrogen and oxygen atoms in total. The number of hydrogen-bond acceptors (Lipinski definition) is 3. The highest BCUT2D eigenvalue weighted by Crippen LogP contribution is 2.21. The molecule has 2 aromatic heterocycles. The van der Waals surface area contributed by atoms with Crippen LogP contribution in [0.2, 0.25) is 0 Å². The van der Waals surface area contributed by atoms with Gasteiger partial charge in [-0.25, -0.2) is 4.98 Å². The van der Waals surface area contributed by atoms with Crippen molar-refractivity contribution in [2.24, 2.45) is 0 Å². The first-order valence-electron chi connectivity index (χ1n) is 4.57. The molecule has 2 rings (SSSR count). The molecule has 0 amide bonds. The quantitative estimate of drug-likeness (QED) is 0.891. The molecule has 0 aliphatic heterocycles. The zero-order valence-corrected chi connectivity index (χ0v) is 9.53. The molecular formula is C10H10BrN3O. The summed E-state index contributed by atoms with van der Waals surface area (Å²) in [5, 5.41) is 8.85.